The zero-order valence-corrected chi connectivity index (χ0v) is 17.0. The summed E-state index contributed by atoms with van der Waals surface area (Å²) in [4.78, 5) is 33.7. The van der Waals surface area contributed by atoms with Gasteiger partial charge < -0.3 is 14.3 Å². The van der Waals surface area contributed by atoms with Gasteiger partial charge in [0.15, 0.2) is 5.69 Å². The molecule has 164 valence electrons. The molecule has 0 N–H and O–H groups in total. The number of carbonyl (C=O) groups is 2. The van der Waals surface area contributed by atoms with Crippen molar-refractivity contribution >= 4 is 23.4 Å². The molecule has 0 bridgehead atoms. The molecule has 32 heavy (non-hydrogen) atoms. The van der Waals surface area contributed by atoms with Gasteiger partial charge in [-0.2, -0.15) is 13.2 Å². The van der Waals surface area contributed by atoms with Crippen LogP contribution in [0.1, 0.15) is 37.7 Å². The number of carbonyl (C=O) groups excluding carboxylic acids is 2. The molecular weight excluding hydrogens is 449 g/mol. The number of pyridine rings is 1. The summed E-state index contributed by atoms with van der Waals surface area (Å²) in [5, 5.41) is 3.43. The maximum atomic E-state index is 13.4. The van der Waals surface area contributed by atoms with E-state index < -0.39 is 34.9 Å². The first-order valence-electron chi connectivity index (χ1n) is 9.59. The zero-order chi connectivity index (χ0) is 22.7. The van der Waals surface area contributed by atoms with Gasteiger partial charge in [-0.1, -0.05) is 35.0 Å². The second kappa shape index (κ2) is 7.06. The highest BCUT2D eigenvalue weighted by Gasteiger charge is 2.57. The zero-order valence-electron chi connectivity index (χ0n) is 16.3. The SMILES string of the molecule is O=C(c1conc1C(F)(F)F)N1CCN2C(=O)c3ncccc3CC12c1ccc(Cl)cc1. The second-order valence-corrected chi connectivity index (χ2v) is 7.94. The third-order valence-electron chi connectivity index (χ3n) is 5.84. The number of halogens is 4. The molecule has 1 atom stereocenters. The molecule has 2 amide bonds. The average Bonchev–Trinajstić information content (AvgIpc) is 3.40. The van der Waals surface area contributed by atoms with Crippen molar-refractivity contribution < 1.29 is 27.3 Å². The Balaban J connectivity index is 1.69. The average molecular weight is 463 g/mol. The molecule has 7 nitrogen and oxygen atoms in total. The predicted molar refractivity (Wildman–Crippen MR) is 105 cm³/mol. The summed E-state index contributed by atoms with van der Waals surface area (Å²) in [6.07, 6.45) is -2.53. The number of benzene rings is 1. The molecule has 3 aromatic rings. The Bertz CT molecular complexity index is 1230. The number of hydrogen-bond donors (Lipinski definition) is 0. The Labute approximate surface area is 184 Å². The third-order valence-corrected chi connectivity index (χ3v) is 6.09. The minimum absolute atomic E-state index is 0.0175. The first-order chi connectivity index (χ1) is 15.2. The van der Waals surface area contributed by atoms with Gasteiger partial charge in [0.1, 0.15) is 23.2 Å². The number of aromatic nitrogens is 2. The minimum atomic E-state index is -4.87. The molecule has 1 saturated heterocycles. The van der Waals surface area contributed by atoms with E-state index in [1.165, 1.54) is 16.0 Å². The van der Waals surface area contributed by atoms with Crippen molar-refractivity contribution in [3.63, 3.8) is 0 Å². The molecule has 2 aliphatic heterocycles. The largest absolute Gasteiger partial charge is 0.437 e. The molecule has 4 heterocycles. The predicted octanol–water partition coefficient (Wildman–Crippen LogP) is 3.75. The van der Waals surface area contributed by atoms with Gasteiger partial charge in [-0.05, 0) is 29.3 Å². The topological polar surface area (TPSA) is 79.5 Å². The molecule has 1 fully saturated rings. The highest BCUT2D eigenvalue weighted by molar-refractivity contribution is 6.30. The number of nitrogens with zero attached hydrogens (tertiary/aromatic N) is 4. The maximum absolute atomic E-state index is 13.4. The smallest absolute Gasteiger partial charge is 0.363 e. The number of hydrogen-bond acceptors (Lipinski definition) is 5. The van der Waals surface area contributed by atoms with Gasteiger partial charge in [-0.25, -0.2) is 0 Å². The lowest BCUT2D eigenvalue weighted by Gasteiger charge is -2.47. The van der Waals surface area contributed by atoms with E-state index >= 15 is 0 Å². The van der Waals surface area contributed by atoms with E-state index in [2.05, 4.69) is 14.7 Å². The minimum Gasteiger partial charge on any atom is -0.363 e. The lowest BCUT2D eigenvalue weighted by molar-refractivity contribution is -0.143. The van der Waals surface area contributed by atoms with Crippen molar-refractivity contribution in [1.82, 2.24) is 19.9 Å². The summed E-state index contributed by atoms with van der Waals surface area (Å²) >= 11 is 6.04. The van der Waals surface area contributed by atoms with Crippen LogP contribution in [-0.2, 0) is 18.3 Å². The molecule has 0 spiro atoms. The first kappa shape index (κ1) is 20.5. The van der Waals surface area contributed by atoms with Crippen molar-refractivity contribution in [2.75, 3.05) is 13.1 Å². The van der Waals surface area contributed by atoms with Crippen LogP contribution in [-0.4, -0.2) is 44.8 Å². The number of rotatable bonds is 2. The molecule has 5 rings (SSSR count). The number of alkyl halides is 3. The fourth-order valence-electron chi connectivity index (χ4n) is 4.48. The van der Waals surface area contributed by atoms with Gasteiger partial charge in [0.2, 0.25) is 0 Å². The van der Waals surface area contributed by atoms with Gasteiger partial charge in [0, 0.05) is 30.7 Å². The number of amides is 2. The molecule has 11 heteroatoms. The Kier molecular flexibility index (Phi) is 4.52. The van der Waals surface area contributed by atoms with Crippen LogP contribution >= 0.6 is 11.6 Å². The normalized spacial score (nSPS) is 20.3. The summed E-state index contributed by atoms with van der Waals surface area (Å²) in [5.74, 6) is -1.34. The van der Waals surface area contributed by atoms with Gasteiger partial charge >= 0.3 is 6.18 Å². The quantitative estimate of drug-likeness (QED) is 0.579. The fraction of sp³-hybridized carbons (Fsp3) is 0.238. The van der Waals surface area contributed by atoms with Crippen molar-refractivity contribution in [2.45, 2.75) is 18.3 Å². The molecule has 1 unspecified atom stereocenters. The Morgan fingerprint density at radius 1 is 1.16 bits per heavy atom. The molecule has 2 aliphatic rings. The van der Waals surface area contributed by atoms with Crippen molar-refractivity contribution in [3.8, 4) is 0 Å². The van der Waals surface area contributed by atoms with E-state index in [0.717, 1.165) is 0 Å². The van der Waals surface area contributed by atoms with Crippen LogP contribution in [0, 0.1) is 0 Å². The van der Waals surface area contributed by atoms with Crippen LogP contribution in [0.4, 0.5) is 13.2 Å². The summed E-state index contributed by atoms with van der Waals surface area (Å²) in [5.41, 5.74) is -2.08. The summed E-state index contributed by atoms with van der Waals surface area (Å²) < 4.78 is 44.7. The van der Waals surface area contributed by atoms with E-state index in [1.807, 2.05) is 0 Å². The van der Waals surface area contributed by atoms with Crippen LogP contribution in [0.15, 0.2) is 53.4 Å². The summed E-state index contributed by atoms with van der Waals surface area (Å²) in [6.45, 7) is 0.138. The summed E-state index contributed by atoms with van der Waals surface area (Å²) in [7, 11) is 0. The van der Waals surface area contributed by atoms with Crippen LogP contribution in [0.25, 0.3) is 0 Å². The van der Waals surface area contributed by atoms with Crippen LogP contribution in [0.3, 0.4) is 0 Å². The maximum Gasteiger partial charge on any atom is 0.437 e. The molecule has 0 saturated carbocycles. The van der Waals surface area contributed by atoms with Crippen LogP contribution < -0.4 is 0 Å². The van der Waals surface area contributed by atoms with Gasteiger partial charge in [-0.15, -0.1) is 0 Å². The fourth-order valence-corrected chi connectivity index (χ4v) is 4.61. The molecule has 0 radical (unpaired) electrons. The Morgan fingerprint density at radius 3 is 2.62 bits per heavy atom. The molecule has 1 aromatic carbocycles. The van der Waals surface area contributed by atoms with E-state index in [-0.39, 0.29) is 25.2 Å². The van der Waals surface area contributed by atoms with E-state index in [0.29, 0.717) is 22.4 Å². The monoisotopic (exact) mass is 462 g/mol. The summed E-state index contributed by atoms with van der Waals surface area (Å²) in [6, 6.07) is 9.92. The molecule has 0 aliphatic carbocycles. The van der Waals surface area contributed by atoms with Gasteiger partial charge in [0.05, 0.1) is 0 Å². The molecular formula is C21H14ClF3N4O3. The van der Waals surface area contributed by atoms with E-state index in [9.17, 15) is 22.8 Å². The lowest BCUT2D eigenvalue weighted by atomic mass is 9.85. The number of fused-ring (bicyclic) bond motifs is 2. The Hall–Kier alpha value is -3.40. The van der Waals surface area contributed by atoms with Crippen molar-refractivity contribution in [2.24, 2.45) is 0 Å². The highest BCUT2D eigenvalue weighted by atomic mass is 35.5. The second-order valence-electron chi connectivity index (χ2n) is 7.50. The van der Waals surface area contributed by atoms with Gasteiger partial charge in [0.25, 0.3) is 11.8 Å². The van der Waals surface area contributed by atoms with Gasteiger partial charge in [-0.3, -0.25) is 14.6 Å². The highest BCUT2D eigenvalue weighted by Crippen LogP contribution is 2.46. The Morgan fingerprint density at radius 2 is 1.91 bits per heavy atom. The third kappa shape index (κ3) is 2.89. The van der Waals surface area contributed by atoms with Crippen molar-refractivity contribution in [3.05, 3.63) is 82.0 Å². The standard InChI is InChI=1S/C21H14ClF3N4O3/c22-14-5-3-13(4-6-14)20-10-12-2-1-7-26-16(12)19(31)29(20)9-8-28(20)18(30)15-11-32-27-17(15)21(23,24)25/h1-7,11H,8-10H2. The molecule has 2 aromatic heterocycles. The first-order valence-corrected chi connectivity index (χ1v) is 9.97. The van der Waals surface area contributed by atoms with Crippen LogP contribution in [0.2, 0.25) is 5.02 Å². The van der Waals surface area contributed by atoms with Crippen LogP contribution in [0.5, 0.6) is 0 Å². The van der Waals surface area contributed by atoms with E-state index in [4.69, 9.17) is 11.6 Å². The lowest BCUT2D eigenvalue weighted by Crippen LogP contribution is -2.58. The van der Waals surface area contributed by atoms with E-state index in [1.54, 1.807) is 36.4 Å². The van der Waals surface area contributed by atoms with Crippen molar-refractivity contribution in [1.29, 1.82) is 0 Å².